The van der Waals surface area contributed by atoms with Gasteiger partial charge in [-0.05, 0) is 29.5 Å². The van der Waals surface area contributed by atoms with E-state index in [1.807, 2.05) is 6.07 Å². The Bertz CT molecular complexity index is 324. The molecular weight excluding hydrogens is 186 g/mol. The first kappa shape index (κ1) is 8.75. The maximum Gasteiger partial charge on any atom is 0.224 e. The highest BCUT2D eigenvalue weighted by atomic mass is 35.5. The van der Waals surface area contributed by atoms with E-state index in [1.54, 1.807) is 6.20 Å². The molecule has 1 saturated carbocycles. The van der Waals surface area contributed by atoms with Gasteiger partial charge in [0.2, 0.25) is 5.28 Å². The molecule has 3 nitrogen and oxygen atoms in total. The maximum absolute atomic E-state index is 5.66. The second-order valence-electron chi connectivity index (χ2n) is 4.10. The lowest BCUT2D eigenvalue weighted by atomic mass is 10.2. The summed E-state index contributed by atoms with van der Waals surface area (Å²) in [6.07, 6.45) is 2.85. The minimum atomic E-state index is 0.295. The van der Waals surface area contributed by atoms with Crippen molar-refractivity contribution in [2.24, 2.45) is 5.41 Å². The number of aromatic nitrogens is 2. The van der Waals surface area contributed by atoms with Gasteiger partial charge in [0.25, 0.3) is 0 Å². The Morgan fingerprint density at radius 1 is 1.62 bits per heavy atom. The van der Waals surface area contributed by atoms with E-state index in [9.17, 15) is 0 Å². The predicted octanol–water partition coefficient (Wildman–Crippen LogP) is 2.34. The second kappa shape index (κ2) is 2.84. The fourth-order valence-corrected chi connectivity index (χ4v) is 1.45. The Hall–Kier alpha value is -0.830. The van der Waals surface area contributed by atoms with Crippen molar-refractivity contribution >= 4 is 17.4 Å². The van der Waals surface area contributed by atoms with Crippen molar-refractivity contribution in [3.63, 3.8) is 0 Å². The largest absolute Gasteiger partial charge is 0.367 e. The number of nitrogens with zero attached hydrogens (tertiary/aromatic N) is 2. The zero-order valence-electron chi connectivity index (χ0n) is 7.71. The molecule has 2 rings (SSSR count). The van der Waals surface area contributed by atoms with Gasteiger partial charge in [-0.2, -0.15) is 0 Å². The second-order valence-corrected chi connectivity index (χ2v) is 4.44. The highest BCUT2D eigenvalue weighted by molar-refractivity contribution is 6.28. The summed E-state index contributed by atoms with van der Waals surface area (Å²) in [5, 5.41) is 3.61. The van der Waals surface area contributed by atoms with Crippen molar-refractivity contribution in [1.29, 1.82) is 0 Å². The van der Waals surface area contributed by atoms with Gasteiger partial charge in [0, 0.05) is 12.2 Å². The highest BCUT2D eigenvalue weighted by Gasteiger charge is 2.45. The standard InChI is InChI=1S/C9H12ClN3/c1-9(2)5-6(9)12-7-3-4-11-8(10)13-7/h3-4,6H,5H2,1-2H3,(H,11,12,13). The maximum atomic E-state index is 5.66. The first-order valence-corrected chi connectivity index (χ1v) is 4.71. The predicted molar refractivity (Wildman–Crippen MR) is 52.9 cm³/mol. The molecule has 1 fully saturated rings. The van der Waals surface area contributed by atoms with Gasteiger partial charge in [0.05, 0.1) is 0 Å². The normalized spacial score (nSPS) is 24.1. The van der Waals surface area contributed by atoms with Crippen molar-refractivity contribution < 1.29 is 0 Å². The van der Waals surface area contributed by atoms with Crippen molar-refractivity contribution in [2.45, 2.75) is 26.3 Å². The van der Waals surface area contributed by atoms with Gasteiger partial charge in [-0.25, -0.2) is 9.97 Å². The molecule has 70 valence electrons. The molecule has 0 aromatic carbocycles. The molecule has 13 heavy (non-hydrogen) atoms. The molecule has 0 aliphatic heterocycles. The van der Waals surface area contributed by atoms with Crippen LogP contribution in [-0.2, 0) is 0 Å². The van der Waals surface area contributed by atoms with Crippen LogP contribution in [0, 0.1) is 5.41 Å². The smallest absolute Gasteiger partial charge is 0.224 e. The Balaban J connectivity index is 2.03. The van der Waals surface area contributed by atoms with E-state index in [-0.39, 0.29) is 0 Å². The third kappa shape index (κ3) is 1.91. The summed E-state index contributed by atoms with van der Waals surface area (Å²) in [4.78, 5) is 7.88. The third-order valence-corrected chi connectivity index (χ3v) is 2.64. The summed E-state index contributed by atoms with van der Waals surface area (Å²) in [6.45, 7) is 4.46. The number of hydrogen-bond acceptors (Lipinski definition) is 3. The third-order valence-electron chi connectivity index (χ3n) is 2.46. The van der Waals surface area contributed by atoms with Crippen LogP contribution in [0.4, 0.5) is 5.82 Å². The number of hydrogen-bond donors (Lipinski definition) is 1. The molecule has 1 aromatic rings. The molecule has 0 amide bonds. The molecule has 1 aliphatic rings. The average molecular weight is 198 g/mol. The SMILES string of the molecule is CC1(C)CC1Nc1ccnc(Cl)n1. The molecule has 1 unspecified atom stereocenters. The Kier molecular flexibility index (Phi) is 1.91. The van der Waals surface area contributed by atoms with Gasteiger partial charge in [-0.1, -0.05) is 13.8 Å². The van der Waals surface area contributed by atoms with Gasteiger partial charge in [0.15, 0.2) is 0 Å². The Morgan fingerprint density at radius 2 is 2.31 bits per heavy atom. The van der Waals surface area contributed by atoms with Crippen LogP contribution in [0.25, 0.3) is 0 Å². The highest BCUT2D eigenvalue weighted by Crippen LogP contribution is 2.46. The number of nitrogens with one attached hydrogen (secondary N) is 1. The molecule has 1 aliphatic carbocycles. The average Bonchev–Trinajstić information content (AvgIpc) is 2.58. The van der Waals surface area contributed by atoms with Crippen molar-refractivity contribution in [2.75, 3.05) is 5.32 Å². The molecular formula is C9H12ClN3. The molecule has 1 aromatic heterocycles. The quantitative estimate of drug-likeness (QED) is 0.740. The first-order valence-electron chi connectivity index (χ1n) is 4.33. The summed E-state index contributed by atoms with van der Waals surface area (Å²) >= 11 is 5.66. The van der Waals surface area contributed by atoms with Crippen LogP contribution in [0.5, 0.6) is 0 Å². The lowest BCUT2D eigenvalue weighted by Crippen LogP contribution is -2.09. The zero-order valence-corrected chi connectivity index (χ0v) is 8.47. The fraction of sp³-hybridized carbons (Fsp3) is 0.556. The van der Waals surface area contributed by atoms with Crippen molar-refractivity contribution in [1.82, 2.24) is 9.97 Å². The summed E-state index contributed by atoms with van der Waals surface area (Å²) in [5.74, 6) is 0.815. The van der Waals surface area contributed by atoms with Crippen LogP contribution in [0.15, 0.2) is 12.3 Å². The van der Waals surface area contributed by atoms with Gasteiger partial charge < -0.3 is 5.32 Å². The van der Waals surface area contributed by atoms with E-state index in [1.165, 1.54) is 6.42 Å². The van der Waals surface area contributed by atoms with E-state index < -0.39 is 0 Å². The van der Waals surface area contributed by atoms with Crippen LogP contribution >= 0.6 is 11.6 Å². The van der Waals surface area contributed by atoms with Gasteiger partial charge >= 0.3 is 0 Å². The topological polar surface area (TPSA) is 37.8 Å². The fourth-order valence-electron chi connectivity index (χ4n) is 1.31. The molecule has 0 radical (unpaired) electrons. The lowest BCUT2D eigenvalue weighted by Gasteiger charge is -2.06. The van der Waals surface area contributed by atoms with Gasteiger partial charge in [0.1, 0.15) is 5.82 Å². The molecule has 1 N–H and O–H groups in total. The van der Waals surface area contributed by atoms with Crippen LogP contribution in [0.2, 0.25) is 5.28 Å². The number of anilines is 1. The molecule has 0 bridgehead atoms. The molecule has 0 saturated heterocycles. The lowest BCUT2D eigenvalue weighted by molar-refractivity contribution is 0.630. The molecule has 1 heterocycles. The summed E-state index contributed by atoms with van der Waals surface area (Å²) in [5.41, 5.74) is 0.400. The van der Waals surface area contributed by atoms with E-state index in [0.717, 1.165) is 5.82 Å². The number of halogens is 1. The summed E-state index contributed by atoms with van der Waals surface area (Å²) < 4.78 is 0. The summed E-state index contributed by atoms with van der Waals surface area (Å²) in [7, 11) is 0. The van der Waals surface area contributed by atoms with Gasteiger partial charge in [-0.15, -0.1) is 0 Å². The number of rotatable bonds is 2. The van der Waals surface area contributed by atoms with Crippen LogP contribution in [-0.4, -0.2) is 16.0 Å². The van der Waals surface area contributed by atoms with Gasteiger partial charge in [-0.3, -0.25) is 0 Å². The molecule has 0 spiro atoms. The van der Waals surface area contributed by atoms with Crippen LogP contribution in [0.3, 0.4) is 0 Å². The van der Waals surface area contributed by atoms with Crippen LogP contribution < -0.4 is 5.32 Å². The van der Waals surface area contributed by atoms with E-state index in [2.05, 4.69) is 29.1 Å². The zero-order chi connectivity index (χ0) is 9.47. The Labute approximate surface area is 82.5 Å². The first-order chi connectivity index (χ1) is 6.08. The minimum Gasteiger partial charge on any atom is -0.367 e. The van der Waals surface area contributed by atoms with E-state index >= 15 is 0 Å². The Morgan fingerprint density at radius 3 is 2.85 bits per heavy atom. The molecule has 4 heteroatoms. The minimum absolute atomic E-state index is 0.295. The molecule has 1 atom stereocenters. The van der Waals surface area contributed by atoms with E-state index in [0.29, 0.717) is 16.7 Å². The van der Waals surface area contributed by atoms with Crippen molar-refractivity contribution in [3.8, 4) is 0 Å². The monoisotopic (exact) mass is 197 g/mol. The van der Waals surface area contributed by atoms with Crippen LogP contribution in [0.1, 0.15) is 20.3 Å². The summed E-state index contributed by atoms with van der Waals surface area (Å²) in [6, 6.07) is 2.36. The van der Waals surface area contributed by atoms with E-state index in [4.69, 9.17) is 11.6 Å². The van der Waals surface area contributed by atoms with Crippen molar-refractivity contribution in [3.05, 3.63) is 17.5 Å².